The summed E-state index contributed by atoms with van der Waals surface area (Å²) in [6.45, 7) is 4.45. The van der Waals surface area contributed by atoms with E-state index in [1.807, 2.05) is 0 Å². The first kappa shape index (κ1) is 19.5. The molecule has 122 valence electrons. The number of esters is 1. The van der Waals surface area contributed by atoms with Gasteiger partial charge in [-0.3, -0.25) is 9.59 Å². The Bertz CT molecular complexity index is 410. The zero-order valence-electron chi connectivity index (χ0n) is 13.5. The van der Waals surface area contributed by atoms with Crippen molar-refractivity contribution in [3.63, 3.8) is 0 Å². The molecule has 0 fully saturated rings. The summed E-state index contributed by atoms with van der Waals surface area (Å²) in [6, 6.07) is 0. The molecule has 0 radical (unpaired) electrons. The number of aliphatic carboxylic acids is 1. The van der Waals surface area contributed by atoms with Gasteiger partial charge in [0.25, 0.3) is 0 Å². The molecule has 7 nitrogen and oxygen atoms in total. The second kappa shape index (κ2) is 7.00. The molecule has 0 spiro atoms. The van der Waals surface area contributed by atoms with Gasteiger partial charge in [0.05, 0.1) is 27.6 Å². The van der Waals surface area contributed by atoms with Gasteiger partial charge in [0, 0.05) is 5.92 Å². The number of aliphatic hydroxyl groups is 1. The Morgan fingerprint density at radius 1 is 1.14 bits per heavy atom. The van der Waals surface area contributed by atoms with E-state index in [2.05, 4.69) is 0 Å². The number of ether oxygens (including phenoxy) is 1. The molecule has 7 heteroatoms. The third-order valence-electron chi connectivity index (χ3n) is 2.78. The molecule has 0 aliphatic rings. The number of hydrogen-bond donors (Lipinski definition) is 2. The van der Waals surface area contributed by atoms with E-state index < -0.39 is 41.8 Å². The van der Waals surface area contributed by atoms with Gasteiger partial charge in [-0.1, -0.05) is 13.8 Å². The Balaban J connectivity index is 5.77. The van der Waals surface area contributed by atoms with Crippen molar-refractivity contribution in [2.24, 2.45) is 5.92 Å². The van der Waals surface area contributed by atoms with Crippen molar-refractivity contribution in [2.75, 3.05) is 27.7 Å². The number of carbonyl (C=O) groups excluding carboxylic acids is 2. The molecule has 2 unspecified atom stereocenters. The number of quaternary nitrogens is 1. The van der Waals surface area contributed by atoms with Crippen LogP contribution in [0.2, 0.25) is 0 Å². The van der Waals surface area contributed by atoms with Crippen LogP contribution in [0.15, 0.2) is 0 Å². The van der Waals surface area contributed by atoms with Crippen LogP contribution in [0.5, 0.6) is 0 Å². The minimum Gasteiger partial charge on any atom is -0.481 e. The molecule has 2 N–H and O–H groups in total. The largest absolute Gasteiger partial charge is 0.481 e. The Morgan fingerprint density at radius 2 is 1.62 bits per heavy atom. The molecule has 21 heavy (non-hydrogen) atoms. The van der Waals surface area contributed by atoms with Crippen molar-refractivity contribution in [3.05, 3.63) is 0 Å². The topological polar surface area (TPSA) is 101 Å². The fourth-order valence-electron chi connectivity index (χ4n) is 2.15. The lowest BCUT2D eigenvalue weighted by molar-refractivity contribution is -0.875. The molecule has 0 saturated carbocycles. The van der Waals surface area contributed by atoms with Crippen LogP contribution in [0.25, 0.3) is 0 Å². The molecule has 0 aromatic heterocycles. The Labute approximate surface area is 125 Å². The van der Waals surface area contributed by atoms with Crippen molar-refractivity contribution >= 4 is 17.7 Å². The summed E-state index contributed by atoms with van der Waals surface area (Å²) in [6.07, 6.45) is -2.05. The Hall–Kier alpha value is -1.47. The monoisotopic (exact) mass is 304 g/mol. The maximum Gasteiger partial charge on any atom is 0.335 e. The highest BCUT2D eigenvalue weighted by atomic mass is 16.6. The molecule has 0 rings (SSSR count). The molecule has 0 bridgehead atoms. The number of rotatable bonds is 8. The fourth-order valence-corrected chi connectivity index (χ4v) is 2.15. The van der Waals surface area contributed by atoms with E-state index in [0.717, 1.165) is 0 Å². The van der Waals surface area contributed by atoms with Gasteiger partial charge >= 0.3 is 11.9 Å². The van der Waals surface area contributed by atoms with Crippen molar-refractivity contribution in [2.45, 2.75) is 38.9 Å². The second-order valence-electron chi connectivity index (χ2n) is 6.63. The summed E-state index contributed by atoms with van der Waals surface area (Å²) in [5.41, 5.74) is -1.79. The lowest BCUT2D eigenvalue weighted by atomic mass is 9.86. The predicted molar refractivity (Wildman–Crippen MR) is 75.5 cm³/mol. The van der Waals surface area contributed by atoms with Crippen LogP contribution in [-0.4, -0.2) is 71.8 Å². The molecule has 0 heterocycles. The number of aliphatic hydroxyl groups excluding tert-OH is 1. The van der Waals surface area contributed by atoms with E-state index in [-0.39, 0.29) is 11.0 Å². The number of carboxylic acid groups (broad SMARTS) is 1. The summed E-state index contributed by atoms with van der Waals surface area (Å²) in [5, 5.41) is 18.4. The van der Waals surface area contributed by atoms with E-state index in [1.165, 1.54) is 6.92 Å². The number of ketones is 1. The maximum atomic E-state index is 12.5. The van der Waals surface area contributed by atoms with Gasteiger partial charge in [-0.15, -0.1) is 0 Å². The average Bonchev–Trinajstić information content (AvgIpc) is 2.23. The average molecular weight is 304 g/mol. The van der Waals surface area contributed by atoms with Crippen LogP contribution in [0, 0.1) is 5.92 Å². The second-order valence-corrected chi connectivity index (χ2v) is 6.63. The number of Topliss-reactive ketones (excluding diaryl/α,β-unsaturated/α-hetero) is 1. The van der Waals surface area contributed by atoms with Gasteiger partial charge in [-0.25, -0.2) is 4.79 Å². The molecule has 0 aliphatic heterocycles. The standard InChI is InChI=1S/C14H25NO6/c1-9(2)12(19)14(7-11(17)18,8-15(4,5)6)21-13(20)10(3)16/h9-10,16H,7-8H2,1-6H3/p+1. The van der Waals surface area contributed by atoms with Gasteiger partial charge < -0.3 is 19.4 Å². The fraction of sp³-hybridized carbons (Fsp3) is 0.786. The number of carboxylic acids is 1. The van der Waals surface area contributed by atoms with Gasteiger partial charge in [-0.2, -0.15) is 0 Å². The summed E-state index contributed by atoms with van der Waals surface area (Å²) in [5.74, 6) is -3.21. The minimum absolute atomic E-state index is 0.00870. The van der Waals surface area contributed by atoms with Crippen molar-refractivity contribution in [3.8, 4) is 0 Å². The van der Waals surface area contributed by atoms with Crippen LogP contribution in [0.3, 0.4) is 0 Å². The lowest BCUT2D eigenvalue weighted by Gasteiger charge is -2.37. The quantitative estimate of drug-likeness (QED) is 0.485. The van der Waals surface area contributed by atoms with Gasteiger partial charge in [0.15, 0.2) is 5.78 Å². The molecule has 0 aromatic rings. The number of carbonyl (C=O) groups is 3. The molecule has 0 aromatic carbocycles. The van der Waals surface area contributed by atoms with Gasteiger partial charge in [-0.05, 0) is 6.92 Å². The molecule has 0 amide bonds. The van der Waals surface area contributed by atoms with Crippen LogP contribution < -0.4 is 0 Å². The normalized spacial score (nSPS) is 16.2. The summed E-state index contributed by atoms with van der Waals surface area (Å²) in [4.78, 5) is 35.4. The SMILES string of the molecule is CC(C)C(=O)C(CC(=O)O)(C[N+](C)(C)C)OC(=O)C(C)O. The van der Waals surface area contributed by atoms with Crippen LogP contribution in [-0.2, 0) is 19.1 Å². The summed E-state index contributed by atoms with van der Waals surface area (Å²) in [7, 11) is 5.29. The number of likely N-dealkylation sites (N-methyl/N-ethyl adjacent to an activating group) is 1. The first-order valence-corrected chi connectivity index (χ1v) is 6.78. The summed E-state index contributed by atoms with van der Waals surface area (Å²) < 4.78 is 5.41. The first-order chi connectivity index (χ1) is 9.30. The Morgan fingerprint density at radius 3 is 1.90 bits per heavy atom. The van der Waals surface area contributed by atoms with E-state index in [4.69, 9.17) is 9.84 Å². The molecular weight excluding hydrogens is 278 g/mol. The van der Waals surface area contributed by atoms with Crippen molar-refractivity contribution in [1.82, 2.24) is 0 Å². The third kappa shape index (κ3) is 6.22. The highest BCUT2D eigenvalue weighted by Crippen LogP contribution is 2.25. The van der Waals surface area contributed by atoms with Crippen molar-refractivity contribution in [1.29, 1.82) is 0 Å². The molecule has 2 atom stereocenters. The van der Waals surface area contributed by atoms with Crippen LogP contribution in [0.4, 0.5) is 0 Å². The molecular formula is C14H26NO6+. The highest BCUT2D eigenvalue weighted by Gasteiger charge is 2.49. The zero-order valence-corrected chi connectivity index (χ0v) is 13.5. The van der Waals surface area contributed by atoms with Gasteiger partial charge in [0.2, 0.25) is 5.60 Å². The maximum absolute atomic E-state index is 12.5. The minimum atomic E-state index is -1.79. The van der Waals surface area contributed by atoms with E-state index in [1.54, 1.807) is 35.0 Å². The van der Waals surface area contributed by atoms with E-state index in [0.29, 0.717) is 0 Å². The predicted octanol–water partition coefficient (Wildman–Crippen LogP) is 0.0552. The number of nitrogens with zero attached hydrogens (tertiary/aromatic N) is 1. The van der Waals surface area contributed by atoms with Crippen molar-refractivity contribution < 1.29 is 33.8 Å². The van der Waals surface area contributed by atoms with E-state index >= 15 is 0 Å². The Kier molecular flexibility index (Phi) is 6.51. The van der Waals surface area contributed by atoms with Gasteiger partial charge in [0.1, 0.15) is 12.6 Å². The van der Waals surface area contributed by atoms with Crippen LogP contribution >= 0.6 is 0 Å². The number of hydrogen-bond acceptors (Lipinski definition) is 5. The first-order valence-electron chi connectivity index (χ1n) is 6.78. The molecule has 0 saturated heterocycles. The third-order valence-corrected chi connectivity index (χ3v) is 2.78. The smallest absolute Gasteiger partial charge is 0.335 e. The lowest BCUT2D eigenvalue weighted by Crippen LogP contribution is -2.59. The molecule has 0 aliphatic carbocycles. The van der Waals surface area contributed by atoms with E-state index in [9.17, 15) is 19.5 Å². The summed E-state index contributed by atoms with van der Waals surface area (Å²) >= 11 is 0. The zero-order chi connectivity index (χ0) is 17.0. The van der Waals surface area contributed by atoms with Crippen LogP contribution in [0.1, 0.15) is 27.2 Å². The highest BCUT2D eigenvalue weighted by molar-refractivity contribution is 5.94.